The molecule has 0 bridgehead atoms. The quantitative estimate of drug-likeness (QED) is 0.707. The van der Waals surface area contributed by atoms with Crippen LogP contribution in [0.3, 0.4) is 0 Å². The Morgan fingerprint density at radius 1 is 1.37 bits per heavy atom. The van der Waals surface area contributed by atoms with Crippen molar-refractivity contribution in [1.29, 1.82) is 5.26 Å². The molecule has 3 nitrogen and oxygen atoms in total. The molecule has 1 unspecified atom stereocenters. The van der Waals surface area contributed by atoms with Gasteiger partial charge in [0.05, 0.1) is 6.07 Å². The van der Waals surface area contributed by atoms with Crippen molar-refractivity contribution in [2.75, 3.05) is 13.2 Å². The van der Waals surface area contributed by atoms with Gasteiger partial charge in [0.1, 0.15) is 5.41 Å². The first kappa shape index (κ1) is 15.4. The molecule has 0 amide bonds. The summed E-state index contributed by atoms with van der Waals surface area (Å²) in [6, 6.07) is 11.4. The van der Waals surface area contributed by atoms with Gasteiger partial charge in [-0.2, -0.15) is 5.26 Å². The lowest BCUT2D eigenvalue weighted by Gasteiger charge is -2.24. The predicted molar refractivity (Wildman–Crippen MR) is 74.7 cm³/mol. The highest BCUT2D eigenvalue weighted by Crippen LogP contribution is 2.28. The molecule has 0 aromatic heterocycles. The lowest BCUT2D eigenvalue weighted by Crippen LogP contribution is -2.34. The van der Waals surface area contributed by atoms with Crippen molar-refractivity contribution in [1.82, 2.24) is 0 Å². The third kappa shape index (κ3) is 3.90. The van der Waals surface area contributed by atoms with Gasteiger partial charge in [0.15, 0.2) is 5.78 Å². The largest absolute Gasteiger partial charge is 0.381 e. The number of rotatable bonds is 7. The Morgan fingerprint density at radius 2 is 2.00 bits per heavy atom. The van der Waals surface area contributed by atoms with Gasteiger partial charge in [0, 0.05) is 19.6 Å². The highest BCUT2D eigenvalue weighted by molar-refractivity contribution is 5.91. The van der Waals surface area contributed by atoms with Crippen molar-refractivity contribution >= 4 is 5.78 Å². The summed E-state index contributed by atoms with van der Waals surface area (Å²) in [4.78, 5) is 11.9. The van der Waals surface area contributed by atoms with Crippen LogP contribution in [0.25, 0.3) is 0 Å². The second-order valence-electron chi connectivity index (χ2n) is 5.16. The number of carbonyl (C=O) groups excluding carboxylic acids is 1. The summed E-state index contributed by atoms with van der Waals surface area (Å²) in [6.07, 6.45) is 0.398. The molecule has 1 aromatic rings. The SMILES string of the molecule is CC(=O)C(C#N)(CCOCC(C)C)c1ccccc1. The van der Waals surface area contributed by atoms with Crippen molar-refractivity contribution in [2.24, 2.45) is 5.92 Å². The molecule has 0 N–H and O–H groups in total. The van der Waals surface area contributed by atoms with Gasteiger partial charge in [-0.05, 0) is 18.4 Å². The van der Waals surface area contributed by atoms with E-state index in [0.29, 0.717) is 25.6 Å². The topological polar surface area (TPSA) is 50.1 Å². The number of hydrogen-bond acceptors (Lipinski definition) is 3. The number of nitriles is 1. The average Bonchev–Trinajstić information content (AvgIpc) is 2.39. The molecule has 0 saturated carbocycles. The van der Waals surface area contributed by atoms with E-state index in [4.69, 9.17) is 4.74 Å². The van der Waals surface area contributed by atoms with Crippen LogP contribution >= 0.6 is 0 Å². The normalized spacial score (nSPS) is 13.8. The maximum Gasteiger partial charge on any atom is 0.154 e. The van der Waals surface area contributed by atoms with E-state index in [1.165, 1.54) is 6.92 Å². The minimum absolute atomic E-state index is 0.130. The van der Waals surface area contributed by atoms with E-state index < -0.39 is 5.41 Å². The molecular formula is C16H21NO2. The molecule has 0 heterocycles. The molecule has 0 aliphatic carbocycles. The summed E-state index contributed by atoms with van der Waals surface area (Å²) in [6.45, 7) is 6.67. The zero-order valence-electron chi connectivity index (χ0n) is 11.8. The molecule has 1 aromatic carbocycles. The van der Waals surface area contributed by atoms with Gasteiger partial charge in [0.25, 0.3) is 0 Å². The zero-order chi connectivity index (χ0) is 14.3. The van der Waals surface area contributed by atoms with Gasteiger partial charge in [-0.25, -0.2) is 0 Å². The van der Waals surface area contributed by atoms with Crippen LogP contribution in [0.15, 0.2) is 30.3 Å². The number of benzene rings is 1. The first-order valence-electron chi connectivity index (χ1n) is 6.58. The number of ketones is 1. The molecule has 3 heteroatoms. The first-order chi connectivity index (χ1) is 9.03. The molecule has 1 atom stereocenters. The lowest BCUT2D eigenvalue weighted by molar-refractivity contribution is -0.121. The van der Waals surface area contributed by atoms with Gasteiger partial charge < -0.3 is 4.74 Å². The van der Waals surface area contributed by atoms with E-state index in [1.807, 2.05) is 30.3 Å². The molecule has 0 fully saturated rings. The van der Waals surface area contributed by atoms with Crippen molar-refractivity contribution < 1.29 is 9.53 Å². The van der Waals surface area contributed by atoms with Crippen LogP contribution in [0.2, 0.25) is 0 Å². The fraction of sp³-hybridized carbons (Fsp3) is 0.500. The summed E-state index contributed by atoms with van der Waals surface area (Å²) in [5, 5.41) is 9.48. The van der Waals surface area contributed by atoms with E-state index in [9.17, 15) is 10.1 Å². The fourth-order valence-corrected chi connectivity index (χ4v) is 1.99. The monoisotopic (exact) mass is 259 g/mol. The second-order valence-corrected chi connectivity index (χ2v) is 5.16. The van der Waals surface area contributed by atoms with Gasteiger partial charge in [-0.3, -0.25) is 4.79 Å². The summed E-state index contributed by atoms with van der Waals surface area (Å²) in [5.74, 6) is 0.319. The van der Waals surface area contributed by atoms with Crippen molar-refractivity contribution in [2.45, 2.75) is 32.6 Å². The highest BCUT2D eigenvalue weighted by atomic mass is 16.5. The van der Waals surface area contributed by atoms with Gasteiger partial charge in [-0.15, -0.1) is 0 Å². The number of Topliss-reactive ketones (excluding diaryl/α,β-unsaturated/α-hetero) is 1. The average molecular weight is 259 g/mol. The van der Waals surface area contributed by atoms with Crippen molar-refractivity contribution in [3.8, 4) is 6.07 Å². The summed E-state index contributed by atoms with van der Waals surface area (Å²) in [7, 11) is 0. The van der Waals surface area contributed by atoms with Gasteiger partial charge in [0.2, 0.25) is 0 Å². The predicted octanol–water partition coefficient (Wildman–Crippen LogP) is 3.10. The fourth-order valence-electron chi connectivity index (χ4n) is 1.99. The smallest absolute Gasteiger partial charge is 0.154 e. The van der Waals surface area contributed by atoms with E-state index >= 15 is 0 Å². The minimum Gasteiger partial charge on any atom is -0.381 e. The third-order valence-corrected chi connectivity index (χ3v) is 3.13. The van der Waals surface area contributed by atoms with E-state index in [1.54, 1.807) is 0 Å². The Labute approximate surface area is 115 Å². The molecule has 19 heavy (non-hydrogen) atoms. The molecule has 0 saturated heterocycles. The number of ether oxygens (including phenoxy) is 1. The molecule has 0 aliphatic rings. The first-order valence-corrected chi connectivity index (χ1v) is 6.58. The Morgan fingerprint density at radius 3 is 2.47 bits per heavy atom. The van der Waals surface area contributed by atoms with Crippen LogP contribution in [0.4, 0.5) is 0 Å². The third-order valence-electron chi connectivity index (χ3n) is 3.13. The molecule has 0 spiro atoms. The zero-order valence-corrected chi connectivity index (χ0v) is 11.8. The maximum atomic E-state index is 11.9. The maximum absolute atomic E-state index is 11.9. The van der Waals surface area contributed by atoms with Crippen LogP contribution in [0.1, 0.15) is 32.8 Å². The summed E-state index contributed by atoms with van der Waals surface area (Å²) in [5.41, 5.74) is -0.337. The lowest BCUT2D eigenvalue weighted by atomic mass is 9.76. The number of carbonyl (C=O) groups is 1. The van der Waals surface area contributed by atoms with Crippen LogP contribution in [-0.2, 0) is 14.9 Å². The Hall–Kier alpha value is -1.66. The highest BCUT2D eigenvalue weighted by Gasteiger charge is 2.37. The van der Waals surface area contributed by atoms with Gasteiger partial charge >= 0.3 is 0 Å². The number of hydrogen-bond donors (Lipinski definition) is 0. The Kier molecular flexibility index (Phi) is 5.72. The molecule has 0 radical (unpaired) electrons. The van der Waals surface area contributed by atoms with Crippen LogP contribution in [0, 0.1) is 17.2 Å². The number of nitrogens with zero attached hydrogens (tertiary/aromatic N) is 1. The van der Waals surface area contributed by atoms with Crippen LogP contribution < -0.4 is 0 Å². The van der Waals surface area contributed by atoms with E-state index in [2.05, 4.69) is 19.9 Å². The van der Waals surface area contributed by atoms with Crippen LogP contribution in [0.5, 0.6) is 0 Å². The molecule has 1 rings (SSSR count). The van der Waals surface area contributed by atoms with Crippen molar-refractivity contribution in [3.05, 3.63) is 35.9 Å². The molecule has 102 valence electrons. The van der Waals surface area contributed by atoms with E-state index in [0.717, 1.165) is 5.56 Å². The van der Waals surface area contributed by atoms with Gasteiger partial charge in [-0.1, -0.05) is 44.2 Å². The van der Waals surface area contributed by atoms with E-state index in [-0.39, 0.29) is 5.78 Å². The molecular weight excluding hydrogens is 238 g/mol. The molecule has 0 aliphatic heterocycles. The Balaban J connectivity index is 2.84. The summed E-state index contributed by atoms with van der Waals surface area (Å²) >= 11 is 0. The van der Waals surface area contributed by atoms with Crippen LogP contribution in [-0.4, -0.2) is 19.0 Å². The second kappa shape index (κ2) is 7.06. The standard InChI is InChI=1S/C16H21NO2/c1-13(2)11-19-10-9-16(12-17,14(3)18)15-7-5-4-6-8-15/h4-8,13H,9-11H2,1-3H3. The van der Waals surface area contributed by atoms with Crippen molar-refractivity contribution in [3.63, 3.8) is 0 Å². The Bertz CT molecular complexity index is 448. The summed E-state index contributed by atoms with van der Waals surface area (Å²) < 4.78 is 5.52. The minimum atomic E-state index is -1.09.